The second-order valence-electron chi connectivity index (χ2n) is 6.28. The van der Waals surface area contributed by atoms with Crippen molar-refractivity contribution < 1.29 is 23.9 Å². The first-order valence-electron chi connectivity index (χ1n) is 9.12. The molecule has 3 rings (SSSR count). The molecule has 1 aliphatic heterocycles. The summed E-state index contributed by atoms with van der Waals surface area (Å²) in [6.07, 6.45) is 1.60. The highest BCUT2D eigenvalue weighted by atomic mass is 16.5. The number of carbonyl (C=O) groups excluding carboxylic acids is 3. The number of carbonyl (C=O) groups is 3. The zero-order valence-electron chi connectivity index (χ0n) is 16.0. The molecule has 1 amide bonds. The van der Waals surface area contributed by atoms with E-state index in [2.05, 4.69) is 10.3 Å². The van der Waals surface area contributed by atoms with Crippen LogP contribution in [-0.2, 0) is 25.5 Å². The minimum absolute atomic E-state index is 0.102. The highest BCUT2D eigenvalue weighted by molar-refractivity contribution is 6.35. The standard InChI is InChI=1S/C21H22N2O5/c1-4-27-18(24)11-15-14(12(3)22-19(15)21(26)28-5-2)10-16-13-8-6-7-9-17(13)23-20(16)25/h6-10,22H,4-5,11H2,1-3H3,(H,23,25)/b16-10+. The van der Waals surface area contributed by atoms with Crippen molar-refractivity contribution >= 4 is 35.2 Å². The predicted octanol–water partition coefficient (Wildman–Crippen LogP) is 3.10. The van der Waals surface area contributed by atoms with Crippen LogP contribution in [-0.4, -0.2) is 36.0 Å². The summed E-state index contributed by atoms with van der Waals surface area (Å²) in [6, 6.07) is 7.36. The fourth-order valence-electron chi connectivity index (χ4n) is 3.23. The van der Waals surface area contributed by atoms with Gasteiger partial charge >= 0.3 is 11.9 Å². The van der Waals surface area contributed by atoms with Gasteiger partial charge < -0.3 is 19.8 Å². The van der Waals surface area contributed by atoms with E-state index in [-0.39, 0.29) is 31.2 Å². The molecule has 0 saturated carbocycles. The lowest BCUT2D eigenvalue weighted by molar-refractivity contribution is -0.142. The van der Waals surface area contributed by atoms with Crippen molar-refractivity contribution in [3.8, 4) is 0 Å². The molecule has 0 unspecified atom stereocenters. The molecule has 146 valence electrons. The van der Waals surface area contributed by atoms with E-state index >= 15 is 0 Å². The van der Waals surface area contributed by atoms with E-state index in [1.54, 1.807) is 26.8 Å². The van der Waals surface area contributed by atoms with Crippen LogP contribution < -0.4 is 5.32 Å². The number of nitrogens with one attached hydrogen (secondary N) is 2. The number of aromatic nitrogens is 1. The van der Waals surface area contributed by atoms with Crippen molar-refractivity contribution in [3.63, 3.8) is 0 Å². The molecule has 1 aliphatic rings. The van der Waals surface area contributed by atoms with E-state index in [9.17, 15) is 14.4 Å². The average molecular weight is 382 g/mol. The molecule has 7 nitrogen and oxygen atoms in total. The third-order valence-corrected chi connectivity index (χ3v) is 4.45. The first kappa shape index (κ1) is 19.4. The number of hydrogen-bond acceptors (Lipinski definition) is 5. The van der Waals surface area contributed by atoms with Crippen LogP contribution in [0.25, 0.3) is 11.6 Å². The molecule has 0 fully saturated rings. The molecular formula is C21H22N2O5. The Bertz CT molecular complexity index is 971. The van der Waals surface area contributed by atoms with E-state index in [4.69, 9.17) is 9.47 Å². The first-order valence-corrected chi connectivity index (χ1v) is 9.12. The van der Waals surface area contributed by atoms with E-state index in [0.29, 0.717) is 22.4 Å². The number of aryl methyl sites for hydroxylation is 1. The SMILES string of the molecule is CCOC(=O)Cc1c(C(=O)OCC)[nH]c(C)c1/C=C1/C(=O)Nc2ccccc21. The Morgan fingerprint density at radius 3 is 2.54 bits per heavy atom. The second kappa shape index (κ2) is 8.12. The smallest absolute Gasteiger partial charge is 0.355 e. The molecule has 0 atom stereocenters. The molecular weight excluding hydrogens is 360 g/mol. The Morgan fingerprint density at radius 1 is 1.11 bits per heavy atom. The zero-order valence-corrected chi connectivity index (χ0v) is 16.0. The fourth-order valence-corrected chi connectivity index (χ4v) is 3.23. The highest BCUT2D eigenvalue weighted by Crippen LogP contribution is 2.34. The van der Waals surface area contributed by atoms with Gasteiger partial charge in [-0.05, 0) is 32.9 Å². The van der Waals surface area contributed by atoms with Gasteiger partial charge in [0.25, 0.3) is 5.91 Å². The van der Waals surface area contributed by atoms with Crippen LogP contribution in [0.4, 0.5) is 5.69 Å². The topological polar surface area (TPSA) is 97.5 Å². The van der Waals surface area contributed by atoms with Crippen molar-refractivity contribution in [2.24, 2.45) is 0 Å². The molecule has 0 saturated heterocycles. The van der Waals surface area contributed by atoms with Crippen LogP contribution in [0.2, 0.25) is 0 Å². The van der Waals surface area contributed by atoms with Gasteiger partial charge in [-0.1, -0.05) is 18.2 Å². The van der Waals surface area contributed by atoms with Crippen molar-refractivity contribution in [2.45, 2.75) is 27.2 Å². The first-order chi connectivity index (χ1) is 13.5. The van der Waals surface area contributed by atoms with Gasteiger partial charge in [0.2, 0.25) is 0 Å². The number of fused-ring (bicyclic) bond motifs is 1. The summed E-state index contributed by atoms with van der Waals surface area (Å²) >= 11 is 0. The van der Waals surface area contributed by atoms with Crippen LogP contribution in [0.3, 0.4) is 0 Å². The van der Waals surface area contributed by atoms with Gasteiger partial charge in [-0.25, -0.2) is 4.79 Å². The van der Waals surface area contributed by atoms with Crippen LogP contribution in [0.1, 0.15) is 46.7 Å². The maximum atomic E-state index is 12.5. The third-order valence-electron chi connectivity index (χ3n) is 4.45. The lowest BCUT2D eigenvalue weighted by Crippen LogP contribution is -2.13. The normalized spacial score (nSPS) is 14.0. The molecule has 1 aromatic heterocycles. The molecule has 2 aromatic rings. The van der Waals surface area contributed by atoms with Crippen LogP contribution in [0.15, 0.2) is 24.3 Å². The number of anilines is 1. The summed E-state index contributed by atoms with van der Waals surface area (Å²) in [5, 5.41) is 2.82. The number of hydrogen-bond donors (Lipinski definition) is 2. The molecule has 7 heteroatoms. The van der Waals surface area contributed by atoms with Crippen LogP contribution >= 0.6 is 0 Å². The number of H-pyrrole nitrogens is 1. The molecule has 0 spiro atoms. The van der Waals surface area contributed by atoms with E-state index in [0.717, 1.165) is 11.3 Å². The van der Waals surface area contributed by atoms with E-state index < -0.39 is 11.9 Å². The van der Waals surface area contributed by atoms with Crippen molar-refractivity contribution in [3.05, 3.63) is 52.3 Å². The Kier molecular flexibility index (Phi) is 5.63. The largest absolute Gasteiger partial charge is 0.466 e. The maximum absolute atomic E-state index is 12.5. The van der Waals surface area contributed by atoms with Crippen molar-refractivity contribution in [1.29, 1.82) is 0 Å². The van der Waals surface area contributed by atoms with Gasteiger partial charge in [-0.2, -0.15) is 0 Å². The molecule has 28 heavy (non-hydrogen) atoms. The Morgan fingerprint density at radius 2 is 1.82 bits per heavy atom. The summed E-state index contributed by atoms with van der Waals surface area (Å²) in [5.74, 6) is -1.24. The molecule has 1 aromatic carbocycles. The lowest BCUT2D eigenvalue weighted by atomic mass is 9.99. The van der Waals surface area contributed by atoms with Gasteiger partial charge in [0.15, 0.2) is 0 Å². The number of esters is 2. The summed E-state index contributed by atoms with van der Waals surface area (Å²) in [4.78, 5) is 39.9. The molecule has 2 heterocycles. The van der Waals surface area contributed by atoms with Crippen LogP contribution in [0, 0.1) is 6.92 Å². The Balaban J connectivity index is 2.11. The summed E-state index contributed by atoms with van der Waals surface area (Å²) in [7, 11) is 0. The maximum Gasteiger partial charge on any atom is 0.355 e. The van der Waals surface area contributed by atoms with Gasteiger partial charge in [0, 0.05) is 33.6 Å². The van der Waals surface area contributed by atoms with E-state index in [1.165, 1.54) is 0 Å². The highest BCUT2D eigenvalue weighted by Gasteiger charge is 2.27. The van der Waals surface area contributed by atoms with Crippen LogP contribution in [0.5, 0.6) is 0 Å². The van der Waals surface area contributed by atoms with Crippen molar-refractivity contribution in [2.75, 3.05) is 18.5 Å². The zero-order chi connectivity index (χ0) is 20.3. The third kappa shape index (κ3) is 3.69. The molecule has 0 aliphatic carbocycles. The van der Waals surface area contributed by atoms with Crippen molar-refractivity contribution in [1.82, 2.24) is 4.98 Å². The number of rotatable bonds is 6. The number of amides is 1. The number of aromatic amines is 1. The monoisotopic (exact) mass is 382 g/mol. The minimum Gasteiger partial charge on any atom is -0.466 e. The molecule has 0 radical (unpaired) electrons. The Labute approximate surface area is 162 Å². The van der Waals surface area contributed by atoms with E-state index in [1.807, 2.05) is 24.3 Å². The lowest BCUT2D eigenvalue weighted by Gasteiger charge is -2.06. The average Bonchev–Trinajstić information content (AvgIpc) is 3.13. The Hall–Kier alpha value is -3.35. The summed E-state index contributed by atoms with van der Waals surface area (Å²) in [5.41, 5.74) is 3.89. The summed E-state index contributed by atoms with van der Waals surface area (Å²) in [6.45, 7) is 5.66. The molecule has 2 N–H and O–H groups in total. The number of ether oxygens (including phenoxy) is 2. The quantitative estimate of drug-likeness (QED) is 0.591. The second-order valence-corrected chi connectivity index (χ2v) is 6.28. The van der Waals surface area contributed by atoms with Gasteiger partial charge in [-0.3, -0.25) is 9.59 Å². The molecule has 0 bridgehead atoms. The number of benzene rings is 1. The predicted molar refractivity (Wildman–Crippen MR) is 105 cm³/mol. The minimum atomic E-state index is -0.550. The van der Waals surface area contributed by atoms with Gasteiger partial charge in [-0.15, -0.1) is 0 Å². The fraction of sp³-hybridized carbons (Fsp3) is 0.286. The summed E-state index contributed by atoms with van der Waals surface area (Å²) < 4.78 is 10.2. The van der Waals surface area contributed by atoms with Gasteiger partial charge in [0.1, 0.15) is 5.69 Å². The van der Waals surface area contributed by atoms with Gasteiger partial charge in [0.05, 0.1) is 19.6 Å². The number of para-hydroxylation sites is 1.